The molecule has 1 atom stereocenters. The molecule has 1 aromatic rings. The maximum absolute atomic E-state index is 13.3. The summed E-state index contributed by atoms with van der Waals surface area (Å²) >= 11 is 0. The summed E-state index contributed by atoms with van der Waals surface area (Å²) in [5.74, 6) is -13.2. The van der Waals surface area contributed by atoms with Crippen LogP contribution in [0, 0.1) is 29.1 Å². The van der Waals surface area contributed by atoms with E-state index >= 15 is 0 Å². The van der Waals surface area contributed by atoms with Crippen molar-refractivity contribution in [2.45, 2.75) is 13.0 Å². The van der Waals surface area contributed by atoms with Crippen LogP contribution in [0.3, 0.4) is 0 Å². The second-order valence-electron chi connectivity index (χ2n) is 3.92. The highest BCUT2D eigenvalue weighted by atomic mass is 19.2. The van der Waals surface area contributed by atoms with Crippen molar-refractivity contribution in [3.63, 3.8) is 0 Å². The van der Waals surface area contributed by atoms with Gasteiger partial charge >= 0.3 is 5.97 Å². The molecule has 3 N–H and O–H groups in total. The van der Waals surface area contributed by atoms with Crippen molar-refractivity contribution < 1.29 is 36.6 Å². The van der Waals surface area contributed by atoms with Crippen LogP contribution in [0.5, 0.6) is 0 Å². The minimum atomic E-state index is -2.33. The van der Waals surface area contributed by atoms with Gasteiger partial charge in [0.2, 0.25) is 11.7 Å². The molecule has 1 rings (SSSR count). The molecule has 1 amide bonds. The zero-order valence-corrected chi connectivity index (χ0v) is 10.4. The van der Waals surface area contributed by atoms with E-state index in [1.807, 2.05) is 5.32 Å². The van der Waals surface area contributed by atoms with Crippen molar-refractivity contribution >= 4 is 17.6 Å². The van der Waals surface area contributed by atoms with Crippen LogP contribution in [0.2, 0.25) is 0 Å². The number of nitrogens with one attached hydrogen (secondary N) is 2. The Morgan fingerprint density at radius 3 is 1.81 bits per heavy atom. The fraction of sp³-hybridized carbons (Fsp3) is 0.273. The summed E-state index contributed by atoms with van der Waals surface area (Å²) in [4.78, 5) is 21.5. The molecule has 1 aromatic carbocycles. The van der Waals surface area contributed by atoms with Crippen LogP contribution in [0.1, 0.15) is 6.92 Å². The smallest absolute Gasteiger partial charge is 0.328 e. The molecular formula is C11H9F5N2O3. The number of carboxylic acid groups (broad SMARTS) is 1. The maximum atomic E-state index is 13.3. The molecule has 0 aliphatic heterocycles. The maximum Gasteiger partial charge on any atom is 0.328 e. The molecule has 116 valence electrons. The predicted molar refractivity (Wildman–Crippen MR) is 60.0 cm³/mol. The topological polar surface area (TPSA) is 78.4 Å². The number of carbonyl (C=O) groups excluding carboxylic acids is 1. The number of benzene rings is 1. The summed E-state index contributed by atoms with van der Waals surface area (Å²) in [6.45, 7) is 0.210. The van der Waals surface area contributed by atoms with E-state index < -0.39 is 59.2 Å². The molecule has 0 aliphatic carbocycles. The van der Waals surface area contributed by atoms with Gasteiger partial charge in [-0.1, -0.05) is 0 Å². The van der Waals surface area contributed by atoms with E-state index in [4.69, 9.17) is 5.11 Å². The van der Waals surface area contributed by atoms with Crippen molar-refractivity contribution in [3.05, 3.63) is 29.1 Å². The summed E-state index contributed by atoms with van der Waals surface area (Å²) < 4.78 is 65.2. The van der Waals surface area contributed by atoms with Gasteiger partial charge in [-0.2, -0.15) is 0 Å². The summed E-state index contributed by atoms with van der Waals surface area (Å²) in [5.41, 5.74) is -1.37. The number of aliphatic carboxylic acids is 1. The van der Waals surface area contributed by atoms with Crippen LogP contribution in [0.4, 0.5) is 27.6 Å². The molecule has 0 fully saturated rings. The molecule has 5 nitrogen and oxygen atoms in total. The van der Waals surface area contributed by atoms with Gasteiger partial charge in [0.1, 0.15) is 11.7 Å². The monoisotopic (exact) mass is 312 g/mol. The SMILES string of the molecule is CC(=O)NC(CNc1c(F)c(F)c(F)c(F)c1F)C(=O)O. The summed E-state index contributed by atoms with van der Waals surface area (Å²) in [5, 5.41) is 12.4. The van der Waals surface area contributed by atoms with E-state index in [1.165, 1.54) is 0 Å². The van der Waals surface area contributed by atoms with Gasteiger partial charge < -0.3 is 15.7 Å². The first-order valence-corrected chi connectivity index (χ1v) is 5.42. The van der Waals surface area contributed by atoms with Crippen LogP contribution in [0.25, 0.3) is 0 Å². The molecule has 10 heteroatoms. The summed E-state index contributed by atoms with van der Waals surface area (Å²) in [6.07, 6.45) is 0. The Bertz CT molecular complexity index is 565. The second kappa shape index (κ2) is 6.37. The van der Waals surface area contributed by atoms with Crippen molar-refractivity contribution in [1.29, 1.82) is 0 Å². The van der Waals surface area contributed by atoms with Crippen molar-refractivity contribution in [2.75, 3.05) is 11.9 Å². The summed E-state index contributed by atoms with van der Waals surface area (Å²) in [7, 11) is 0. The Morgan fingerprint density at radius 2 is 1.43 bits per heavy atom. The minimum Gasteiger partial charge on any atom is -0.480 e. The lowest BCUT2D eigenvalue weighted by atomic mass is 10.2. The number of hydrogen-bond donors (Lipinski definition) is 3. The van der Waals surface area contributed by atoms with Crippen molar-refractivity contribution in [3.8, 4) is 0 Å². The zero-order valence-electron chi connectivity index (χ0n) is 10.4. The Kier molecular flexibility index (Phi) is 5.06. The predicted octanol–water partition coefficient (Wildman–Crippen LogP) is 1.38. The van der Waals surface area contributed by atoms with Gasteiger partial charge in [-0.3, -0.25) is 4.79 Å². The van der Waals surface area contributed by atoms with E-state index in [0.29, 0.717) is 0 Å². The molecule has 0 radical (unpaired) electrons. The highest BCUT2D eigenvalue weighted by molar-refractivity contribution is 5.82. The van der Waals surface area contributed by atoms with Crippen LogP contribution in [-0.4, -0.2) is 29.6 Å². The van der Waals surface area contributed by atoms with Gasteiger partial charge in [-0.05, 0) is 0 Å². The minimum absolute atomic E-state index is 0.749. The molecular weight excluding hydrogens is 303 g/mol. The lowest BCUT2D eigenvalue weighted by molar-refractivity contribution is -0.141. The fourth-order valence-corrected chi connectivity index (χ4v) is 1.41. The number of hydrogen-bond acceptors (Lipinski definition) is 3. The lowest BCUT2D eigenvalue weighted by Gasteiger charge is -2.16. The number of anilines is 1. The first-order chi connectivity index (χ1) is 9.66. The van der Waals surface area contributed by atoms with Gasteiger partial charge in [0, 0.05) is 13.5 Å². The number of carboxylic acids is 1. The standard InChI is InChI=1S/C11H9F5N2O3/c1-3(19)18-4(11(20)21)2-17-10-8(15)6(13)5(12)7(14)9(10)16/h4,17H,2H2,1H3,(H,18,19)(H,20,21). The average Bonchev–Trinajstić information content (AvgIpc) is 2.41. The Morgan fingerprint density at radius 1 is 1.00 bits per heavy atom. The third-order valence-corrected chi connectivity index (χ3v) is 2.37. The fourth-order valence-electron chi connectivity index (χ4n) is 1.41. The normalized spacial score (nSPS) is 11.9. The largest absolute Gasteiger partial charge is 0.480 e. The number of rotatable bonds is 5. The molecule has 0 bridgehead atoms. The van der Waals surface area contributed by atoms with Crippen molar-refractivity contribution in [1.82, 2.24) is 5.32 Å². The third kappa shape index (κ3) is 3.58. The van der Waals surface area contributed by atoms with E-state index in [2.05, 4.69) is 0 Å². The molecule has 0 spiro atoms. The highest BCUT2D eigenvalue weighted by Crippen LogP contribution is 2.26. The van der Waals surface area contributed by atoms with E-state index in [9.17, 15) is 31.5 Å². The summed E-state index contributed by atoms with van der Waals surface area (Å²) in [6, 6.07) is -1.61. The van der Waals surface area contributed by atoms with Gasteiger partial charge in [-0.25, -0.2) is 26.7 Å². The number of carbonyl (C=O) groups is 2. The first-order valence-electron chi connectivity index (χ1n) is 5.42. The molecule has 1 unspecified atom stereocenters. The van der Waals surface area contributed by atoms with Gasteiger partial charge in [-0.15, -0.1) is 0 Å². The van der Waals surface area contributed by atoms with Gasteiger partial charge in [0.25, 0.3) is 0 Å². The highest BCUT2D eigenvalue weighted by Gasteiger charge is 2.27. The quantitative estimate of drug-likeness (QED) is 0.436. The Hall–Kier alpha value is -2.39. The molecule has 0 saturated heterocycles. The van der Waals surface area contributed by atoms with Gasteiger partial charge in [0.15, 0.2) is 23.3 Å². The lowest BCUT2D eigenvalue weighted by Crippen LogP contribution is -2.44. The molecule has 0 saturated carbocycles. The van der Waals surface area contributed by atoms with Crippen LogP contribution in [0.15, 0.2) is 0 Å². The first kappa shape index (κ1) is 16.7. The second-order valence-corrected chi connectivity index (χ2v) is 3.92. The van der Waals surface area contributed by atoms with Crippen LogP contribution in [-0.2, 0) is 9.59 Å². The van der Waals surface area contributed by atoms with E-state index in [0.717, 1.165) is 6.92 Å². The molecule has 21 heavy (non-hydrogen) atoms. The zero-order chi connectivity index (χ0) is 16.3. The van der Waals surface area contributed by atoms with Gasteiger partial charge in [0.05, 0.1) is 0 Å². The number of amides is 1. The molecule has 0 aliphatic rings. The third-order valence-electron chi connectivity index (χ3n) is 2.37. The van der Waals surface area contributed by atoms with Crippen molar-refractivity contribution in [2.24, 2.45) is 0 Å². The average molecular weight is 312 g/mol. The van der Waals surface area contributed by atoms with E-state index in [1.54, 1.807) is 5.32 Å². The Labute approximate surface area is 114 Å². The van der Waals surface area contributed by atoms with E-state index in [-0.39, 0.29) is 0 Å². The molecule has 0 aromatic heterocycles. The molecule has 0 heterocycles. The number of halogens is 5. The Balaban J connectivity index is 3.03. The van der Waals surface area contributed by atoms with Crippen LogP contribution < -0.4 is 10.6 Å². The van der Waals surface area contributed by atoms with Crippen LogP contribution >= 0.6 is 0 Å².